The zero-order valence-electron chi connectivity index (χ0n) is 9.33. The summed E-state index contributed by atoms with van der Waals surface area (Å²) in [6.07, 6.45) is 1.70. The maximum absolute atomic E-state index is 11.6. The van der Waals surface area contributed by atoms with E-state index in [0.717, 1.165) is 27.5 Å². The summed E-state index contributed by atoms with van der Waals surface area (Å²) in [5, 5.41) is 1.97. The minimum atomic E-state index is -0.363. The third-order valence-electron chi connectivity index (χ3n) is 2.98. The van der Waals surface area contributed by atoms with Crippen molar-refractivity contribution in [3.8, 4) is 0 Å². The fourth-order valence-corrected chi connectivity index (χ4v) is 2.27. The van der Waals surface area contributed by atoms with Crippen molar-refractivity contribution in [2.24, 2.45) is 0 Å². The van der Waals surface area contributed by atoms with Gasteiger partial charge in [0.15, 0.2) is 0 Å². The van der Waals surface area contributed by atoms with Crippen LogP contribution in [-0.2, 0) is 0 Å². The lowest BCUT2D eigenvalue weighted by molar-refractivity contribution is 0.553. The number of halogens is 1. The summed E-state index contributed by atoms with van der Waals surface area (Å²) in [5.74, 6) is 0. The van der Waals surface area contributed by atoms with Crippen molar-refractivity contribution in [3.63, 3.8) is 0 Å². The average molecular weight is 293 g/mol. The molecule has 0 saturated heterocycles. The predicted molar refractivity (Wildman–Crippen MR) is 69.4 cm³/mol. The van der Waals surface area contributed by atoms with Crippen molar-refractivity contribution in [2.75, 3.05) is 0 Å². The van der Waals surface area contributed by atoms with Crippen LogP contribution in [0.4, 0.5) is 0 Å². The number of hydrogen-bond acceptors (Lipinski definition) is 3. The molecule has 0 aliphatic heterocycles. The molecular formula is C13H9BrO3. The second-order valence-corrected chi connectivity index (χ2v) is 4.88. The third-order valence-corrected chi connectivity index (χ3v) is 3.90. The third kappa shape index (κ3) is 1.44. The van der Waals surface area contributed by atoms with E-state index >= 15 is 0 Å². The van der Waals surface area contributed by atoms with Gasteiger partial charge in [-0.25, -0.2) is 4.79 Å². The molecule has 4 heteroatoms. The standard InChI is InChI=1S/C13H9BrO3/c1-6-5-16-10-4-11-9(3-8(6)10)7(2)12(14)13(15)17-11/h3-5H,1-2H3. The first-order chi connectivity index (χ1) is 8.08. The number of furan rings is 1. The lowest BCUT2D eigenvalue weighted by Crippen LogP contribution is -2.02. The smallest absolute Gasteiger partial charge is 0.350 e. The van der Waals surface area contributed by atoms with Gasteiger partial charge in [-0.3, -0.25) is 0 Å². The van der Waals surface area contributed by atoms with Crippen LogP contribution in [0.1, 0.15) is 11.1 Å². The van der Waals surface area contributed by atoms with E-state index in [9.17, 15) is 4.79 Å². The fraction of sp³-hybridized carbons (Fsp3) is 0.154. The van der Waals surface area contributed by atoms with Crippen molar-refractivity contribution >= 4 is 37.9 Å². The van der Waals surface area contributed by atoms with Crippen LogP contribution in [0.5, 0.6) is 0 Å². The van der Waals surface area contributed by atoms with E-state index in [2.05, 4.69) is 15.9 Å². The summed E-state index contributed by atoms with van der Waals surface area (Å²) >= 11 is 3.24. The maximum atomic E-state index is 11.6. The number of benzene rings is 1. The Morgan fingerprint density at radius 3 is 2.65 bits per heavy atom. The number of aryl methyl sites for hydroxylation is 2. The maximum Gasteiger partial charge on any atom is 0.350 e. The SMILES string of the molecule is Cc1coc2cc3oc(=O)c(Br)c(C)c3cc12. The zero-order valence-corrected chi connectivity index (χ0v) is 10.9. The lowest BCUT2D eigenvalue weighted by atomic mass is 10.1. The van der Waals surface area contributed by atoms with Crippen LogP contribution in [0.25, 0.3) is 21.9 Å². The predicted octanol–water partition coefficient (Wildman–Crippen LogP) is 3.92. The fourth-order valence-electron chi connectivity index (χ4n) is 1.98. The van der Waals surface area contributed by atoms with E-state index in [0.29, 0.717) is 10.1 Å². The van der Waals surface area contributed by atoms with Crippen molar-refractivity contribution in [1.82, 2.24) is 0 Å². The molecule has 0 radical (unpaired) electrons. The molecule has 1 aromatic carbocycles. The Bertz CT molecular complexity index is 796. The van der Waals surface area contributed by atoms with Crippen LogP contribution in [0.15, 0.2) is 36.5 Å². The second-order valence-electron chi connectivity index (χ2n) is 4.09. The molecule has 2 aromatic heterocycles. The van der Waals surface area contributed by atoms with Gasteiger partial charge in [0, 0.05) is 16.8 Å². The van der Waals surface area contributed by atoms with Crippen LogP contribution < -0.4 is 5.63 Å². The molecule has 86 valence electrons. The van der Waals surface area contributed by atoms with Gasteiger partial charge in [-0.05, 0) is 47.0 Å². The Kier molecular flexibility index (Phi) is 2.16. The summed E-state index contributed by atoms with van der Waals surface area (Å²) in [6, 6.07) is 3.76. The highest BCUT2D eigenvalue weighted by Gasteiger charge is 2.12. The van der Waals surface area contributed by atoms with E-state index in [1.54, 1.807) is 12.3 Å². The lowest BCUT2D eigenvalue weighted by Gasteiger charge is -2.02. The van der Waals surface area contributed by atoms with E-state index in [-0.39, 0.29) is 5.63 Å². The van der Waals surface area contributed by atoms with Gasteiger partial charge >= 0.3 is 5.63 Å². The second kappa shape index (κ2) is 3.47. The van der Waals surface area contributed by atoms with Gasteiger partial charge in [-0.2, -0.15) is 0 Å². The minimum absolute atomic E-state index is 0.363. The molecule has 0 unspecified atom stereocenters. The van der Waals surface area contributed by atoms with E-state index in [1.165, 1.54) is 0 Å². The van der Waals surface area contributed by atoms with Crippen LogP contribution in [0.3, 0.4) is 0 Å². The number of fused-ring (bicyclic) bond motifs is 2. The Labute approximate surface area is 105 Å². The van der Waals surface area contributed by atoms with Crippen LogP contribution >= 0.6 is 15.9 Å². The molecule has 3 nitrogen and oxygen atoms in total. The molecule has 3 aromatic rings. The van der Waals surface area contributed by atoms with Gasteiger partial charge in [-0.1, -0.05) is 0 Å². The van der Waals surface area contributed by atoms with Crippen molar-refractivity contribution in [3.05, 3.63) is 44.4 Å². The molecule has 0 bridgehead atoms. The first-order valence-electron chi connectivity index (χ1n) is 5.18. The molecule has 0 aliphatic carbocycles. The van der Waals surface area contributed by atoms with Crippen LogP contribution in [0, 0.1) is 13.8 Å². The highest BCUT2D eigenvalue weighted by molar-refractivity contribution is 9.10. The van der Waals surface area contributed by atoms with Gasteiger partial charge in [-0.15, -0.1) is 0 Å². The van der Waals surface area contributed by atoms with Gasteiger partial charge in [0.1, 0.15) is 15.6 Å². The molecule has 0 N–H and O–H groups in total. The Balaban J connectivity index is 2.58. The Morgan fingerprint density at radius 1 is 1.12 bits per heavy atom. The van der Waals surface area contributed by atoms with E-state index in [4.69, 9.17) is 8.83 Å². The normalized spacial score (nSPS) is 11.5. The quantitative estimate of drug-likeness (QED) is 0.590. The molecule has 0 spiro atoms. The molecule has 0 aliphatic rings. The van der Waals surface area contributed by atoms with Crippen LogP contribution in [0.2, 0.25) is 0 Å². The Hall–Kier alpha value is -1.55. The van der Waals surface area contributed by atoms with Crippen molar-refractivity contribution in [2.45, 2.75) is 13.8 Å². The van der Waals surface area contributed by atoms with Gasteiger partial charge < -0.3 is 8.83 Å². The van der Waals surface area contributed by atoms with Crippen LogP contribution in [-0.4, -0.2) is 0 Å². The average Bonchev–Trinajstić information content (AvgIpc) is 2.66. The highest BCUT2D eigenvalue weighted by Crippen LogP contribution is 2.29. The van der Waals surface area contributed by atoms with Crippen molar-refractivity contribution in [1.29, 1.82) is 0 Å². The van der Waals surface area contributed by atoms with Gasteiger partial charge in [0.2, 0.25) is 0 Å². The molecule has 0 atom stereocenters. The zero-order chi connectivity index (χ0) is 12.2. The summed E-state index contributed by atoms with van der Waals surface area (Å²) in [6.45, 7) is 3.88. The van der Waals surface area contributed by atoms with Crippen molar-refractivity contribution < 1.29 is 8.83 Å². The summed E-state index contributed by atoms with van der Waals surface area (Å²) < 4.78 is 11.1. The molecule has 2 heterocycles. The highest BCUT2D eigenvalue weighted by atomic mass is 79.9. The monoisotopic (exact) mass is 292 g/mol. The number of rotatable bonds is 0. The van der Waals surface area contributed by atoms with Gasteiger partial charge in [0.25, 0.3) is 0 Å². The summed E-state index contributed by atoms with van der Waals surface area (Å²) in [4.78, 5) is 11.6. The van der Waals surface area contributed by atoms with E-state index < -0.39 is 0 Å². The molecule has 0 fully saturated rings. The molecule has 0 saturated carbocycles. The first kappa shape index (κ1) is 10.6. The Morgan fingerprint density at radius 2 is 1.88 bits per heavy atom. The molecule has 3 rings (SSSR count). The van der Waals surface area contributed by atoms with E-state index in [1.807, 2.05) is 19.9 Å². The minimum Gasteiger partial charge on any atom is -0.464 e. The number of hydrogen-bond donors (Lipinski definition) is 0. The molecule has 17 heavy (non-hydrogen) atoms. The summed E-state index contributed by atoms with van der Waals surface area (Å²) in [7, 11) is 0. The first-order valence-corrected chi connectivity index (χ1v) is 5.98. The molecule has 0 amide bonds. The topological polar surface area (TPSA) is 43.4 Å². The largest absolute Gasteiger partial charge is 0.464 e. The summed E-state index contributed by atoms with van der Waals surface area (Å²) in [5.41, 5.74) is 2.89. The van der Waals surface area contributed by atoms with Gasteiger partial charge in [0.05, 0.1) is 6.26 Å². The molecular weight excluding hydrogens is 284 g/mol.